The van der Waals surface area contributed by atoms with E-state index in [1.165, 1.54) is 24.3 Å². The maximum absolute atomic E-state index is 13.8. The zero-order valence-corrected chi connectivity index (χ0v) is 20.1. The summed E-state index contributed by atoms with van der Waals surface area (Å²) in [5, 5.41) is 11.5. The summed E-state index contributed by atoms with van der Waals surface area (Å²) in [5.41, 5.74) is 4.64. The maximum atomic E-state index is 13.8. The van der Waals surface area contributed by atoms with Crippen molar-refractivity contribution >= 4 is 5.96 Å². The number of nitrogens with two attached hydrogens (primary N) is 1. The van der Waals surface area contributed by atoms with E-state index in [1.54, 1.807) is 4.90 Å². The number of hydrogen-bond acceptors (Lipinski definition) is 5. The molecule has 0 spiro atoms. The van der Waals surface area contributed by atoms with E-state index in [0.717, 1.165) is 24.6 Å². The predicted molar refractivity (Wildman–Crippen MR) is 125 cm³/mol. The Kier molecular flexibility index (Phi) is 7.83. The van der Waals surface area contributed by atoms with Gasteiger partial charge in [-0.25, -0.2) is 0 Å². The van der Waals surface area contributed by atoms with Crippen LogP contribution in [0.4, 0.5) is 26.3 Å². The molecule has 4 rings (SSSR count). The Labute approximate surface area is 214 Å². The summed E-state index contributed by atoms with van der Waals surface area (Å²) < 4.78 is 90.0. The van der Waals surface area contributed by atoms with Crippen LogP contribution in [0.3, 0.4) is 0 Å². The standard InChI is InChI=1S/C25H25F6N5O2/c26-24(27,28)17-9-6-15(7-10-17)4-1-2-13-37-20-11-8-16(14-18(20)25(29,30)31)21-34-22(38-35-21)19-5-3-12-36(19)23(32)33/h6-11,14,19H,1-5,12-13H2,(H3,32,33). The molecular formula is C25H25F6N5O2. The minimum Gasteiger partial charge on any atom is -0.493 e. The molecule has 1 aromatic heterocycles. The predicted octanol–water partition coefficient (Wildman–Crippen LogP) is 6.21. The Morgan fingerprint density at radius 3 is 2.45 bits per heavy atom. The number of alkyl halides is 6. The van der Waals surface area contributed by atoms with E-state index >= 15 is 0 Å². The summed E-state index contributed by atoms with van der Waals surface area (Å²) in [4.78, 5) is 5.83. The molecule has 1 saturated heterocycles. The third-order valence-electron chi connectivity index (χ3n) is 6.23. The second kappa shape index (κ2) is 10.9. The van der Waals surface area contributed by atoms with Crippen LogP contribution in [-0.4, -0.2) is 34.2 Å². The molecule has 0 bridgehead atoms. The zero-order valence-electron chi connectivity index (χ0n) is 20.1. The molecule has 13 heteroatoms. The van der Waals surface area contributed by atoms with Gasteiger partial charge in [-0.2, -0.15) is 31.3 Å². The number of rotatable bonds is 8. The van der Waals surface area contributed by atoms with Gasteiger partial charge in [0.25, 0.3) is 0 Å². The van der Waals surface area contributed by atoms with Crippen LogP contribution >= 0.6 is 0 Å². The summed E-state index contributed by atoms with van der Waals surface area (Å²) in [6.45, 7) is 0.546. The van der Waals surface area contributed by atoms with E-state index in [9.17, 15) is 26.3 Å². The third-order valence-corrected chi connectivity index (χ3v) is 6.23. The molecule has 204 valence electrons. The minimum atomic E-state index is -4.70. The lowest BCUT2D eigenvalue weighted by Crippen LogP contribution is -2.35. The van der Waals surface area contributed by atoms with Crippen LogP contribution in [0.2, 0.25) is 0 Å². The number of unbranched alkanes of at least 4 members (excludes halogenated alkanes) is 1. The van der Waals surface area contributed by atoms with Crippen LogP contribution in [0.5, 0.6) is 5.75 Å². The van der Waals surface area contributed by atoms with Crippen molar-refractivity contribution in [2.24, 2.45) is 5.73 Å². The van der Waals surface area contributed by atoms with E-state index in [0.29, 0.717) is 37.8 Å². The Morgan fingerprint density at radius 2 is 1.79 bits per heavy atom. The number of ether oxygens (including phenoxy) is 1. The lowest BCUT2D eigenvalue weighted by molar-refractivity contribution is -0.139. The van der Waals surface area contributed by atoms with Gasteiger partial charge in [-0.05, 0) is 68.0 Å². The van der Waals surface area contributed by atoms with Gasteiger partial charge in [0.05, 0.1) is 17.7 Å². The highest BCUT2D eigenvalue weighted by atomic mass is 19.4. The molecule has 7 nitrogen and oxygen atoms in total. The summed E-state index contributed by atoms with van der Waals surface area (Å²) >= 11 is 0. The first-order valence-electron chi connectivity index (χ1n) is 11.9. The van der Waals surface area contributed by atoms with Gasteiger partial charge in [0.2, 0.25) is 11.7 Å². The van der Waals surface area contributed by atoms with Crippen molar-refractivity contribution in [1.29, 1.82) is 5.41 Å². The molecule has 2 aromatic carbocycles. The highest BCUT2D eigenvalue weighted by Crippen LogP contribution is 2.39. The fourth-order valence-corrected chi connectivity index (χ4v) is 4.29. The molecule has 3 aromatic rings. The monoisotopic (exact) mass is 541 g/mol. The number of aromatic nitrogens is 2. The smallest absolute Gasteiger partial charge is 0.419 e. The average molecular weight is 541 g/mol. The Bertz CT molecular complexity index is 1260. The van der Waals surface area contributed by atoms with Gasteiger partial charge in [0.1, 0.15) is 11.8 Å². The van der Waals surface area contributed by atoms with E-state index < -0.39 is 29.5 Å². The van der Waals surface area contributed by atoms with E-state index in [1.807, 2.05) is 0 Å². The van der Waals surface area contributed by atoms with Crippen LogP contribution in [0.25, 0.3) is 11.4 Å². The molecule has 1 unspecified atom stereocenters. The van der Waals surface area contributed by atoms with Gasteiger partial charge in [0.15, 0.2) is 5.96 Å². The normalized spacial score (nSPS) is 16.2. The molecule has 0 aliphatic carbocycles. The quantitative estimate of drug-likeness (QED) is 0.152. The van der Waals surface area contributed by atoms with Crippen molar-refractivity contribution < 1.29 is 35.6 Å². The van der Waals surface area contributed by atoms with Gasteiger partial charge < -0.3 is 19.9 Å². The molecule has 0 amide bonds. The number of benzene rings is 2. The number of likely N-dealkylation sites (tertiary alicyclic amines) is 1. The van der Waals surface area contributed by atoms with Gasteiger partial charge in [-0.15, -0.1) is 0 Å². The fourth-order valence-electron chi connectivity index (χ4n) is 4.29. The number of guanidine groups is 1. The number of hydrogen-bond donors (Lipinski definition) is 2. The molecule has 0 saturated carbocycles. The Balaban J connectivity index is 1.38. The first-order chi connectivity index (χ1) is 17.9. The maximum Gasteiger partial charge on any atom is 0.419 e. The summed E-state index contributed by atoms with van der Waals surface area (Å²) in [6.07, 6.45) is -6.32. The highest BCUT2D eigenvalue weighted by Gasteiger charge is 2.36. The van der Waals surface area contributed by atoms with Crippen molar-refractivity contribution in [3.8, 4) is 17.1 Å². The van der Waals surface area contributed by atoms with E-state index in [4.69, 9.17) is 20.4 Å². The molecule has 1 aliphatic rings. The molecule has 1 aliphatic heterocycles. The first-order valence-corrected chi connectivity index (χ1v) is 11.9. The summed E-state index contributed by atoms with van der Waals surface area (Å²) in [6, 6.07) is 7.87. The van der Waals surface area contributed by atoms with E-state index in [-0.39, 0.29) is 35.6 Å². The Hall–Kier alpha value is -3.77. The number of halogens is 6. The van der Waals surface area contributed by atoms with Gasteiger partial charge in [-0.1, -0.05) is 17.3 Å². The van der Waals surface area contributed by atoms with Crippen LogP contribution in [0, 0.1) is 5.41 Å². The molecule has 1 fully saturated rings. The van der Waals surface area contributed by atoms with Gasteiger partial charge >= 0.3 is 12.4 Å². The van der Waals surface area contributed by atoms with Gasteiger partial charge in [0, 0.05) is 12.1 Å². The summed E-state index contributed by atoms with van der Waals surface area (Å²) in [7, 11) is 0. The zero-order chi connectivity index (χ0) is 27.5. The fraction of sp³-hybridized carbons (Fsp3) is 0.400. The number of nitrogens with zero attached hydrogens (tertiary/aromatic N) is 3. The molecule has 3 N–H and O–H groups in total. The van der Waals surface area contributed by atoms with Crippen LogP contribution in [-0.2, 0) is 18.8 Å². The topological polar surface area (TPSA) is 101 Å². The molecular weight excluding hydrogens is 516 g/mol. The van der Waals surface area contributed by atoms with Crippen molar-refractivity contribution in [3.05, 3.63) is 65.0 Å². The average Bonchev–Trinajstić information content (AvgIpc) is 3.53. The third kappa shape index (κ3) is 6.37. The largest absolute Gasteiger partial charge is 0.493 e. The lowest BCUT2D eigenvalue weighted by atomic mass is 10.1. The van der Waals surface area contributed by atoms with E-state index in [2.05, 4.69) is 10.1 Å². The van der Waals surface area contributed by atoms with Crippen molar-refractivity contribution in [3.63, 3.8) is 0 Å². The number of nitrogens with one attached hydrogen (secondary N) is 1. The molecule has 1 atom stereocenters. The van der Waals surface area contributed by atoms with Crippen molar-refractivity contribution in [2.75, 3.05) is 13.2 Å². The minimum absolute atomic E-state index is 0.00200. The summed E-state index contributed by atoms with van der Waals surface area (Å²) in [5.74, 6) is -0.343. The van der Waals surface area contributed by atoms with Crippen molar-refractivity contribution in [1.82, 2.24) is 15.0 Å². The molecule has 2 heterocycles. The van der Waals surface area contributed by atoms with Gasteiger partial charge in [-0.3, -0.25) is 5.41 Å². The second-order valence-electron chi connectivity index (χ2n) is 8.90. The molecule has 38 heavy (non-hydrogen) atoms. The van der Waals surface area contributed by atoms with Crippen LogP contribution in [0.1, 0.15) is 54.3 Å². The Morgan fingerprint density at radius 1 is 1.05 bits per heavy atom. The lowest BCUT2D eigenvalue weighted by Gasteiger charge is -2.21. The highest BCUT2D eigenvalue weighted by molar-refractivity contribution is 5.75. The van der Waals surface area contributed by atoms with Crippen molar-refractivity contribution in [2.45, 2.75) is 50.5 Å². The SMILES string of the molecule is N=C(N)N1CCCC1c1nc(-c2ccc(OCCCCc3ccc(C(F)(F)F)cc3)c(C(F)(F)F)c2)no1. The number of aryl methyl sites for hydroxylation is 1. The first kappa shape index (κ1) is 27.3. The molecule has 0 radical (unpaired) electrons. The van der Waals surface area contributed by atoms with Crippen LogP contribution in [0.15, 0.2) is 47.0 Å². The second-order valence-corrected chi connectivity index (χ2v) is 8.90. The van der Waals surface area contributed by atoms with Crippen LogP contribution < -0.4 is 10.5 Å².